The van der Waals surface area contributed by atoms with Gasteiger partial charge in [-0.15, -0.1) is 48.6 Å². The zero-order valence-electron chi connectivity index (χ0n) is 3.81. The van der Waals surface area contributed by atoms with Crippen molar-refractivity contribution in [1.82, 2.24) is 4.98 Å². The van der Waals surface area contributed by atoms with Crippen LogP contribution in [0.3, 0.4) is 0 Å². The summed E-state index contributed by atoms with van der Waals surface area (Å²) in [7, 11) is 0. The highest BCUT2D eigenvalue weighted by Gasteiger charge is 1.59. The summed E-state index contributed by atoms with van der Waals surface area (Å²) >= 11 is 1.60. The average molecular weight is 195 g/mol. The first-order valence-electron chi connectivity index (χ1n) is 1.32. The molecule has 0 bridgehead atoms. The van der Waals surface area contributed by atoms with Gasteiger partial charge < -0.3 is 0 Å². The second kappa shape index (κ2) is 10.5. The van der Waals surface area contributed by atoms with Gasteiger partial charge in [0.1, 0.15) is 0 Å². The van der Waals surface area contributed by atoms with Crippen molar-refractivity contribution in [3.63, 3.8) is 0 Å². The van der Waals surface area contributed by atoms with E-state index in [0.29, 0.717) is 0 Å². The van der Waals surface area contributed by atoms with Gasteiger partial charge in [-0.25, -0.2) is 0 Å². The van der Waals surface area contributed by atoms with Crippen LogP contribution in [-0.4, -0.2) is 4.98 Å². The monoisotopic (exact) mass is 193 g/mol. The van der Waals surface area contributed by atoms with Gasteiger partial charge >= 0.3 is 0 Å². The third-order valence-corrected chi connectivity index (χ3v) is 0.869. The fourth-order valence-corrected chi connectivity index (χ4v) is 0.527. The largest absolute Gasteiger partial charge is 0.253 e. The Bertz CT molecular complexity index is 71.0. The Morgan fingerprint density at radius 1 is 1.12 bits per heavy atom. The number of thiazole rings is 1. The van der Waals surface area contributed by atoms with E-state index >= 15 is 0 Å². The lowest BCUT2D eigenvalue weighted by Crippen LogP contribution is -1.38. The summed E-state index contributed by atoms with van der Waals surface area (Å²) in [5, 5.41) is 1.93. The SMILES string of the molecule is Cl.Cl.Cl.c1cscn1. The molecule has 0 atom stereocenters. The number of hydrogen-bond acceptors (Lipinski definition) is 2. The molecule has 1 aromatic heterocycles. The summed E-state index contributed by atoms with van der Waals surface area (Å²) in [5.41, 5.74) is 1.79. The minimum Gasteiger partial charge on any atom is -0.253 e. The van der Waals surface area contributed by atoms with Gasteiger partial charge in [0.15, 0.2) is 0 Å². The maximum absolute atomic E-state index is 3.74. The Morgan fingerprint density at radius 2 is 1.75 bits per heavy atom. The van der Waals surface area contributed by atoms with Gasteiger partial charge in [0.05, 0.1) is 5.51 Å². The van der Waals surface area contributed by atoms with Gasteiger partial charge in [-0.05, 0) is 0 Å². The van der Waals surface area contributed by atoms with E-state index in [-0.39, 0.29) is 37.2 Å². The van der Waals surface area contributed by atoms with Crippen molar-refractivity contribution in [2.75, 3.05) is 0 Å². The van der Waals surface area contributed by atoms with Crippen LogP contribution in [0.1, 0.15) is 0 Å². The molecule has 0 aliphatic carbocycles. The lowest BCUT2D eigenvalue weighted by atomic mass is 11.0. The first-order chi connectivity index (χ1) is 2.50. The molecule has 0 aromatic carbocycles. The Balaban J connectivity index is -0.0000000833. The van der Waals surface area contributed by atoms with E-state index in [1.807, 2.05) is 5.38 Å². The maximum atomic E-state index is 3.74. The van der Waals surface area contributed by atoms with Crippen LogP contribution in [0.2, 0.25) is 0 Å². The van der Waals surface area contributed by atoms with Crippen LogP contribution in [-0.2, 0) is 0 Å². The van der Waals surface area contributed by atoms with Crippen LogP contribution in [0.25, 0.3) is 0 Å². The molecule has 0 spiro atoms. The van der Waals surface area contributed by atoms with Crippen LogP contribution >= 0.6 is 48.6 Å². The molecular weight excluding hydrogens is 188 g/mol. The van der Waals surface area contributed by atoms with E-state index in [2.05, 4.69) is 4.98 Å². The molecule has 50 valence electrons. The quantitative estimate of drug-likeness (QED) is 0.618. The Morgan fingerprint density at radius 3 is 1.88 bits per heavy atom. The second-order valence-electron chi connectivity index (χ2n) is 0.676. The lowest BCUT2D eigenvalue weighted by molar-refractivity contribution is 1.43. The first kappa shape index (κ1) is 15.8. The van der Waals surface area contributed by atoms with Crippen molar-refractivity contribution >= 4 is 48.6 Å². The van der Waals surface area contributed by atoms with Gasteiger partial charge in [-0.3, -0.25) is 4.98 Å². The molecule has 5 heteroatoms. The topological polar surface area (TPSA) is 12.9 Å². The fourth-order valence-electron chi connectivity index (χ4n) is 0.176. The molecule has 0 aliphatic rings. The van der Waals surface area contributed by atoms with Gasteiger partial charge in [0, 0.05) is 11.6 Å². The van der Waals surface area contributed by atoms with Gasteiger partial charge in [0.2, 0.25) is 0 Å². The third-order valence-electron chi connectivity index (χ3n) is 0.347. The molecule has 0 unspecified atom stereocenters. The maximum Gasteiger partial charge on any atom is 0.0791 e. The predicted octanol–water partition coefficient (Wildman–Crippen LogP) is 2.41. The molecule has 0 amide bonds. The second-order valence-corrected chi connectivity index (χ2v) is 1.43. The number of halogens is 3. The number of nitrogens with zero attached hydrogens (tertiary/aromatic N) is 1. The van der Waals surface area contributed by atoms with E-state index in [1.165, 1.54) is 0 Å². The normalized spacial score (nSPS) is 5.00. The Labute approximate surface area is 70.8 Å². The summed E-state index contributed by atoms with van der Waals surface area (Å²) in [5.74, 6) is 0. The summed E-state index contributed by atoms with van der Waals surface area (Å²) in [6.07, 6.45) is 1.77. The van der Waals surface area contributed by atoms with Crippen LogP contribution < -0.4 is 0 Å². The summed E-state index contributed by atoms with van der Waals surface area (Å²) in [4.78, 5) is 3.74. The highest BCUT2D eigenvalue weighted by Crippen LogP contribution is 1.85. The number of hydrogen-bond donors (Lipinski definition) is 0. The molecule has 0 radical (unpaired) electrons. The van der Waals surface area contributed by atoms with E-state index in [9.17, 15) is 0 Å². The van der Waals surface area contributed by atoms with Crippen molar-refractivity contribution in [2.45, 2.75) is 0 Å². The fraction of sp³-hybridized carbons (Fsp3) is 0. The number of aromatic nitrogens is 1. The van der Waals surface area contributed by atoms with Gasteiger partial charge in [-0.1, -0.05) is 0 Å². The standard InChI is InChI=1S/C3H3NS.3ClH/c1-2-5-3-4-1;;;/h1-3H;3*1H. The minimum atomic E-state index is 0. The van der Waals surface area contributed by atoms with E-state index in [4.69, 9.17) is 0 Å². The molecule has 1 nitrogen and oxygen atoms in total. The Hall–Kier alpha value is 0.500. The highest BCUT2D eigenvalue weighted by atomic mass is 35.5. The third kappa shape index (κ3) is 6.50. The molecular formula is C3H6Cl3NS. The molecule has 1 aromatic rings. The molecule has 8 heavy (non-hydrogen) atoms. The molecule has 0 saturated heterocycles. The highest BCUT2D eigenvalue weighted by molar-refractivity contribution is 7.07. The van der Waals surface area contributed by atoms with Gasteiger partial charge in [0.25, 0.3) is 0 Å². The van der Waals surface area contributed by atoms with Crippen molar-refractivity contribution in [2.24, 2.45) is 0 Å². The lowest BCUT2D eigenvalue weighted by Gasteiger charge is -1.41. The zero-order valence-corrected chi connectivity index (χ0v) is 7.08. The molecule has 1 heterocycles. The number of rotatable bonds is 0. The average Bonchev–Trinajstić information content (AvgIpc) is 1.76. The molecule has 0 fully saturated rings. The van der Waals surface area contributed by atoms with Crippen molar-refractivity contribution < 1.29 is 0 Å². The van der Waals surface area contributed by atoms with Crippen molar-refractivity contribution in [3.8, 4) is 0 Å². The summed E-state index contributed by atoms with van der Waals surface area (Å²) < 4.78 is 0. The zero-order chi connectivity index (χ0) is 3.54. The minimum absolute atomic E-state index is 0. The van der Waals surface area contributed by atoms with Crippen LogP contribution in [0.4, 0.5) is 0 Å². The van der Waals surface area contributed by atoms with E-state index in [1.54, 1.807) is 23.0 Å². The van der Waals surface area contributed by atoms with Crippen LogP contribution in [0.15, 0.2) is 17.1 Å². The van der Waals surface area contributed by atoms with E-state index in [0.717, 1.165) is 0 Å². The van der Waals surface area contributed by atoms with E-state index < -0.39 is 0 Å². The van der Waals surface area contributed by atoms with Crippen molar-refractivity contribution in [3.05, 3.63) is 17.1 Å². The van der Waals surface area contributed by atoms with Crippen LogP contribution in [0, 0.1) is 0 Å². The first-order valence-corrected chi connectivity index (χ1v) is 2.26. The predicted molar refractivity (Wildman–Crippen MR) is 43.9 cm³/mol. The summed E-state index contributed by atoms with van der Waals surface area (Å²) in [6.45, 7) is 0. The smallest absolute Gasteiger partial charge is 0.0791 e. The van der Waals surface area contributed by atoms with Gasteiger partial charge in [-0.2, -0.15) is 0 Å². The molecule has 0 N–H and O–H groups in total. The molecule has 1 rings (SSSR count). The van der Waals surface area contributed by atoms with Crippen molar-refractivity contribution in [1.29, 1.82) is 0 Å². The molecule has 0 saturated carbocycles. The van der Waals surface area contributed by atoms with Crippen LogP contribution in [0.5, 0.6) is 0 Å². The summed E-state index contributed by atoms with van der Waals surface area (Å²) in [6, 6.07) is 0. The molecule has 0 aliphatic heterocycles. The Kier molecular flexibility index (Phi) is 20.7.